The highest BCUT2D eigenvalue weighted by atomic mass is 32.2. The standard InChI is InChI=1S/C11H17NO3S/c1-3-4-5-7-16-8-6-10(11(14)15)12-9(2)13/h1,10H,4-8H2,2H3,(H,12,13)(H,14,15). The number of thioether (sulfide) groups is 1. The Bertz CT molecular complexity index is 273. The lowest BCUT2D eigenvalue weighted by atomic mass is 10.2. The minimum atomic E-state index is -0.987. The van der Waals surface area contributed by atoms with Crippen molar-refractivity contribution in [1.82, 2.24) is 5.32 Å². The van der Waals surface area contributed by atoms with Crippen molar-refractivity contribution in [3.05, 3.63) is 0 Å². The van der Waals surface area contributed by atoms with E-state index >= 15 is 0 Å². The maximum atomic E-state index is 10.8. The molecule has 90 valence electrons. The average Bonchev–Trinajstić information content (AvgIpc) is 2.20. The third-order valence-corrected chi connectivity index (χ3v) is 2.94. The van der Waals surface area contributed by atoms with E-state index in [0.717, 1.165) is 18.6 Å². The van der Waals surface area contributed by atoms with Crippen molar-refractivity contribution in [3.63, 3.8) is 0 Å². The summed E-state index contributed by atoms with van der Waals surface area (Å²) in [6, 6.07) is -0.780. The van der Waals surface area contributed by atoms with Crippen LogP contribution in [0.5, 0.6) is 0 Å². The lowest BCUT2D eigenvalue weighted by molar-refractivity contribution is -0.141. The van der Waals surface area contributed by atoms with E-state index in [4.69, 9.17) is 11.5 Å². The van der Waals surface area contributed by atoms with Gasteiger partial charge in [-0.25, -0.2) is 4.79 Å². The number of unbranched alkanes of at least 4 members (excludes halogenated alkanes) is 1. The monoisotopic (exact) mass is 243 g/mol. The van der Waals surface area contributed by atoms with Gasteiger partial charge in [0.15, 0.2) is 0 Å². The Morgan fingerprint density at radius 1 is 1.50 bits per heavy atom. The van der Waals surface area contributed by atoms with Gasteiger partial charge < -0.3 is 10.4 Å². The van der Waals surface area contributed by atoms with Crippen molar-refractivity contribution >= 4 is 23.6 Å². The number of amides is 1. The molecule has 0 saturated carbocycles. The highest BCUT2D eigenvalue weighted by Crippen LogP contribution is 2.08. The summed E-state index contributed by atoms with van der Waals surface area (Å²) in [5.41, 5.74) is 0. The summed E-state index contributed by atoms with van der Waals surface area (Å²) in [4.78, 5) is 21.5. The molecule has 0 aliphatic rings. The first-order valence-electron chi connectivity index (χ1n) is 5.09. The van der Waals surface area contributed by atoms with Crippen molar-refractivity contribution < 1.29 is 14.7 Å². The fourth-order valence-corrected chi connectivity index (χ4v) is 2.04. The summed E-state index contributed by atoms with van der Waals surface area (Å²) < 4.78 is 0. The summed E-state index contributed by atoms with van der Waals surface area (Å²) in [7, 11) is 0. The fourth-order valence-electron chi connectivity index (χ4n) is 1.08. The third kappa shape index (κ3) is 8.18. The molecule has 0 saturated heterocycles. The molecule has 4 nitrogen and oxygen atoms in total. The molecule has 0 spiro atoms. The molecule has 1 amide bonds. The van der Waals surface area contributed by atoms with Crippen molar-refractivity contribution in [2.24, 2.45) is 0 Å². The molecule has 5 heteroatoms. The van der Waals surface area contributed by atoms with E-state index in [2.05, 4.69) is 11.2 Å². The van der Waals surface area contributed by atoms with Crippen LogP contribution in [0.25, 0.3) is 0 Å². The zero-order valence-corrected chi connectivity index (χ0v) is 10.2. The van der Waals surface area contributed by atoms with Gasteiger partial charge in [0.25, 0.3) is 0 Å². The smallest absolute Gasteiger partial charge is 0.326 e. The molecule has 0 heterocycles. The molecule has 0 aliphatic heterocycles. The quantitative estimate of drug-likeness (QED) is 0.495. The molecule has 0 aromatic carbocycles. The topological polar surface area (TPSA) is 66.4 Å². The molecule has 0 bridgehead atoms. The molecule has 0 fully saturated rings. The maximum Gasteiger partial charge on any atom is 0.326 e. The SMILES string of the molecule is C#CCCCSCCC(NC(C)=O)C(=O)O. The highest BCUT2D eigenvalue weighted by molar-refractivity contribution is 7.99. The summed E-state index contributed by atoms with van der Waals surface area (Å²) in [6.07, 6.45) is 7.24. The Labute approximate surface area is 100 Å². The zero-order valence-electron chi connectivity index (χ0n) is 9.36. The fraction of sp³-hybridized carbons (Fsp3) is 0.636. The lowest BCUT2D eigenvalue weighted by Gasteiger charge is -2.12. The molecule has 0 radical (unpaired) electrons. The number of aliphatic carboxylic acids is 1. The zero-order chi connectivity index (χ0) is 12.4. The van der Waals surface area contributed by atoms with Gasteiger partial charge in [-0.1, -0.05) is 0 Å². The summed E-state index contributed by atoms with van der Waals surface area (Å²) in [6.45, 7) is 1.32. The van der Waals surface area contributed by atoms with Crippen LogP contribution in [0.4, 0.5) is 0 Å². The molecule has 0 aliphatic carbocycles. The van der Waals surface area contributed by atoms with Gasteiger partial charge in [0.1, 0.15) is 6.04 Å². The van der Waals surface area contributed by atoms with Crippen LogP contribution >= 0.6 is 11.8 Å². The lowest BCUT2D eigenvalue weighted by Crippen LogP contribution is -2.39. The highest BCUT2D eigenvalue weighted by Gasteiger charge is 2.17. The molecule has 0 rings (SSSR count). The van der Waals surface area contributed by atoms with E-state index in [1.54, 1.807) is 11.8 Å². The predicted octanol–water partition coefficient (Wildman–Crippen LogP) is 1.11. The van der Waals surface area contributed by atoms with Gasteiger partial charge in [0.05, 0.1) is 0 Å². The molecule has 16 heavy (non-hydrogen) atoms. The molecule has 1 unspecified atom stereocenters. The second kappa shape index (κ2) is 9.10. The van der Waals surface area contributed by atoms with Crippen molar-refractivity contribution in [2.75, 3.05) is 11.5 Å². The first-order chi connectivity index (χ1) is 7.57. The largest absolute Gasteiger partial charge is 0.480 e. The summed E-state index contributed by atoms with van der Waals surface area (Å²) >= 11 is 1.66. The molecule has 1 atom stereocenters. The van der Waals surface area contributed by atoms with Gasteiger partial charge in [-0.05, 0) is 24.3 Å². The van der Waals surface area contributed by atoms with E-state index in [-0.39, 0.29) is 5.91 Å². The number of nitrogens with one attached hydrogen (secondary N) is 1. The number of carboxylic acids is 1. The van der Waals surface area contributed by atoms with Gasteiger partial charge in [0, 0.05) is 13.3 Å². The number of hydrogen-bond acceptors (Lipinski definition) is 3. The number of hydrogen-bond donors (Lipinski definition) is 2. The molecule has 0 aromatic heterocycles. The van der Waals surface area contributed by atoms with Crippen LogP contribution < -0.4 is 5.32 Å². The van der Waals surface area contributed by atoms with Crippen molar-refractivity contribution in [3.8, 4) is 12.3 Å². The van der Waals surface area contributed by atoms with E-state index in [0.29, 0.717) is 12.2 Å². The van der Waals surface area contributed by atoms with Gasteiger partial charge >= 0.3 is 5.97 Å². The Morgan fingerprint density at radius 2 is 2.19 bits per heavy atom. The van der Waals surface area contributed by atoms with Crippen LogP contribution in [0.3, 0.4) is 0 Å². The van der Waals surface area contributed by atoms with E-state index < -0.39 is 12.0 Å². The molecule has 0 aromatic rings. The number of carboxylic acid groups (broad SMARTS) is 1. The number of carbonyl (C=O) groups excluding carboxylic acids is 1. The molecular weight excluding hydrogens is 226 g/mol. The van der Waals surface area contributed by atoms with Crippen molar-refractivity contribution in [1.29, 1.82) is 0 Å². The minimum Gasteiger partial charge on any atom is -0.480 e. The van der Waals surface area contributed by atoms with E-state index in [1.807, 2.05) is 0 Å². The summed E-state index contributed by atoms with van der Waals surface area (Å²) in [5.74, 6) is 2.88. The van der Waals surface area contributed by atoms with Crippen LogP contribution in [0.15, 0.2) is 0 Å². The second-order valence-electron chi connectivity index (χ2n) is 3.30. The normalized spacial score (nSPS) is 11.5. The van der Waals surface area contributed by atoms with E-state index in [9.17, 15) is 9.59 Å². The third-order valence-electron chi connectivity index (χ3n) is 1.84. The Balaban J connectivity index is 3.65. The van der Waals surface area contributed by atoms with Crippen LogP contribution in [0.1, 0.15) is 26.2 Å². The van der Waals surface area contributed by atoms with Gasteiger partial charge in [-0.15, -0.1) is 12.3 Å². The van der Waals surface area contributed by atoms with Crippen LogP contribution in [-0.2, 0) is 9.59 Å². The number of carbonyl (C=O) groups is 2. The van der Waals surface area contributed by atoms with Crippen LogP contribution in [0, 0.1) is 12.3 Å². The van der Waals surface area contributed by atoms with E-state index in [1.165, 1.54) is 6.92 Å². The van der Waals surface area contributed by atoms with Gasteiger partial charge in [-0.3, -0.25) is 4.79 Å². The Kier molecular flexibility index (Phi) is 8.45. The first-order valence-corrected chi connectivity index (χ1v) is 6.24. The first kappa shape index (κ1) is 14.8. The second-order valence-corrected chi connectivity index (χ2v) is 4.52. The van der Waals surface area contributed by atoms with Crippen LogP contribution in [0.2, 0.25) is 0 Å². The molecular formula is C11H17NO3S. The number of rotatable bonds is 8. The Morgan fingerprint density at radius 3 is 2.69 bits per heavy atom. The predicted molar refractivity (Wildman–Crippen MR) is 65.2 cm³/mol. The maximum absolute atomic E-state index is 10.8. The van der Waals surface area contributed by atoms with Gasteiger partial charge in [0.2, 0.25) is 5.91 Å². The van der Waals surface area contributed by atoms with Crippen LogP contribution in [-0.4, -0.2) is 34.5 Å². The summed E-state index contributed by atoms with van der Waals surface area (Å²) in [5, 5.41) is 11.2. The molecule has 2 N–H and O–H groups in total. The Hall–Kier alpha value is -1.15. The average molecular weight is 243 g/mol. The minimum absolute atomic E-state index is 0.315. The van der Waals surface area contributed by atoms with Gasteiger partial charge in [-0.2, -0.15) is 11.8 Å². The van der Waals surface area contributed by atoms with Crippen molar-refractivity contribution in [2.45, 2.75) is 32.2 Å². The number of terminal acetylenes is 1.